The smallest absolute Gasteiger partial charge is 0.124 e. The van der Waals surface area contributed by atoms with Gasteiger partial charge in [-0.15, -0.1) is 11.3 Å². The summed E-state index contributed by atoms with van der Waals surface area (Å²) in [4.78, 5) is 1.11. The Kier molecular flexibility index (Phi) is 5.65. The summed E-state index contributed by atoms with van der Waals surface area (Å²) in [7, 11) is 0. The molecule has 102 valence electrons. The minimum atomic E-state index is -0.214. The van der Waals surface area contributed by atoms with E-state index >= 15 is 0 Å². The zero-order valence-corrected chi connectivity index (χ0v) is 15.3. The van der Waals surface area contributed by atoms with E-state index in [-0.39, 0.29) is 11.9 Å². The fraction of sp³-hybridized carbons (Fsp3) is 0.231. The van der Waals surface area contributed by atoms with Crippen LogP contribution in [0, 0.1) is 9.39 Å². The predicted octanol–water partition coefficient (Wildman–Crippen LogP) is 5.61. The van der Waals surface area contributed by atoms with Crippen molar-refractivity contribution in [3.05, 3.63) is 52.9 Å². The molecule has 0 radical (unpaired) electrons. The Labute approximate surface area is 142 Å². The second kappa shape index (κ2) is 6.85. The van der Waals surface area contributed by atoms with Crippen molar-refractivity contribution in [2.45, 2.75) is 13.0 Å². The van der Waals surface area contributed by atoms with Crippen molar-refractivity contribution in [2.24, 2.45) is 0 Å². The summed E-state index contributed by atoms with van der Waals surface area (Å²) in [5, 5.41) is 4.13. The van der Waals surface area contributed by atoms with Gasteiger partial charge in [-0.2, -0.15) is 0 Å². The van der Waals surface area contributed by atoms with Crippen molar-refractivity contribution in [2.75, 3.05) is 6.54 Å². The highest BCUT2D eigenvalue weighted by Gasteiger charge is 2.19. The van der Waals surface area contributed by atoms with Crippen molar-refractivity contribution >= 4 is 61.5 Å². The minimum absolute atomic E-state index is 0.0336. The van der Waals surface area contributed by atoms with Gasteiger partial charge in [-0.05, 0) is 68.8 Å². The van der Waals surface area contributed by atoms with Crippen molar-refractivity contribution in [1.29, 1.82) is 0 Å². The monoisotopic (exact) mass is 473 g/mol. The minimum Gasteiger partial charge on any atom is -0.306 e. The van der Waals surface area contributed by atoms with E-state index in [1.54, 1.807) is 17.4 Å². The molecule has 0 bridgehead atoms. The molecular formula is C13H11BrClFINS. The van der Waals surface area contributed by atoms with Crippen LogP contribution in [0.1, 0.15) is 23.4 Å². The normalized spacial score (nSPS) is 12.7. The van der Waals surface area contributed by atoms with Crippen molar-refractivity contribution < 1.29 is 4.39 Å². The van der Waals surface area contributed by atoms with Gasteiger partial charge in [0.25, 0.3) is 0 Å². The highest BCUT2D eigenvalue weighted by atomic mass is 127. The summed E-state index contributed by atoms with van der Waals surface area (Å²) < 4.78 is 15.0. The number of halogens is 4. The van der Waals surface area contributed by atoms with E-state index in [1.165, 1.54) is 6.07 Å². The molecule has 0 fully saturated rings. The summed E-state index contributed by atoms with van der Waals surface area (Å²) in [6.45, 7) is 2.87. The van der Waals surface area contributed by atoms with Crippen LogP contribution in [0.5, 0.6) is 0 Å². The topological polar surface area (TPSA) is 12.0 Å². The predicted molar refractivity (Wildman–Crippen MR) is 91.7 cm³/mol. The molecule has 2 aromatic rings. The molecule has 0 amide bonds. The lowest BCUT2D eigenvalue weighted by Gasteiger charge is -2.18. The maximum atomic E-state index is 13.2. The van der Waals surface area contributed by atoms with Gasteiger partial charge in [-0.3, -0.25) is 0 Å². The van der Waals surface area contributed by atoms with Gasteiger partial charge in [0.05, 0.1) is 14.9 Å². The number of hydrogen-bond donors (Lipinski definition) is 1. The van der Waals surface area contributed by atoms with Gasteiger partial charge in [0.15, 0.2) is 0 Å². The lowest BCUT2D eigenvalue weighted by molar-refractivity contribution is 0.614. The van der Waals surface area contributed by atoms with Crippen LogP contribution in [0.3, 0.4) is 0 Å². The van der Waals surface area contributed by atoms with E-state index in [0.717, 1.165) is 24.3 Å². The average molecular weight is 475 g/mol. The van der Waals surface area contributed by atoms with Gasteiger partial charge in [-0.1, -0.05) is 24.6 Å². The van der Waals surface area contributed by atoms with Gasteiger partial charge in [-0.25, -0.2) is 4.39 Å². The molecule has 0 aliphatic rings. The lowest BCUT2D eigenvalue weighted by atomic mass is 10.1. The van der Waals surface area contributed by atoms with Crippen molar-refractivity contribution in [3.8, 4) is 0 Å². The first-order valence-corrected chi connectivity index (χ1v) is 8.72. The summed E-state index contributed by atoms with van der Waals surface area (Å²) in [5.74, 6) is -0.214. The van der Waals surface area contributed by atoms with Crippen molar-refractivity contribution in [1.82, 2.24) is 5.32 Å². The van der Waals surface area contributed by atoms with Crippen LogP contribution in [0.15, 0.2) is 28.1 Å². The number of rotatable bonds is 4. The van der Waals surface area contributed by atoms with E-state index in [1.807, 2.05) is 19.1 Å². The summed E-state index contributed by atoms with van der Waals surface area (Å²) in [6, 6.07) is 6.84. The standard InChI is InChI=1S/C13H11BrClFINS/c1-2-18-12(11-6-9(15)13(14)19-11)8-4-3-7(16)5-10(8)17/h3-6,12,18H,2H2,1H3. The molecule has 0 spiro atoms. The Morgan fingerprint density at radius 1 is 1.47 bits per heavy atom. The molecule has 6 heteroatoms. The number of benzene rings is 1. The van der Waals surface area contributed by atoms with Crippen LogP contribution >= 0.6 is 61.5 Å². The van der Waals surface area contributed by atoms with Gasteiger partial charge in [0.2, 0.25) is 0 Å². The first-order valence-electron chi connectivity index (χ1n) is 5.66. The Morgan fingerprint density at radius 3 is 2.74 bits per heavy atom. The van der Waals surface area contributed by atoms with Gasteiger partial charge in [0, 0.05) is 8.45 Å². The first kappa shape index (κ1) is 15.7. The third-order valence-electron chi connectivity index (χ3n) is 2.63. The molecule has 1 unspecified atom stereocenters. The Hall–Kier alpha value is 0.310. The van der Waals surface area contributed by atoms with E-state index in [2.05, 4.69) is 43.8 Å². The van der Waals surface area contributed by atoms with Crippen LogP contribution in [-0.4, -0.2) is 6.54 Å². The highest BCUT2D eigenvalue weighted by molar-refractivity contribution is 14.1. The van der Waals surface area contributed by atoms with E-state index < -0.39 is 0 Å². The number of nitrogens with one attached hydrogen (secondary N) is 1. The van der Waals surface area contributed by atoms with Crippen LogP contribution in [0.2, 0.25) is 5.02 Å². The molecule has 1 heterocycles. The quantitative estimate of drug-likeness (QED) is 0.569. The van der Waals surface area contributed by atoms with E-state index in [9.17, 15) is 4.39 Å². The van der Waals surface area contributed by atoms with Gasteiger partial charge < -0.3 is 5.32 Å². The molecule has 1 aromatic carbocycles. The maximum absolute atomic E-state index is 13.2. The molecule has 1 atom stereocenters. The number of hydrogen-bond acceptors (Lipinski definition) is 2. The largest absolute Gasteiger partial charge is 0.306 e. The number of thiophene rings is 1. The third-order valence-corrected chi connectivity index (χ3v) is 6.10. The fourth-order valence-corrected chi connectivity index (χ4v) is 4.44. The Bertz CT molecular complexity index is 571. The zero-order valence-electron chi connectivity index (χ0n) is 10.0. The molecule has 0 aliphatic heterocycles. The van der Waals surface area contributed by atoms with Crippen LogP contribution in [0.4, 0.5) is 4.39 Å². The molecule has 19 heavy (non-hydrogen) atoms. The first-order chi connectivity index (χ1) is 9.02. The Balaban J connectivity index is 2.44. The second-order valence-electron chi connectivity index (χ2n) is 3.93. The lowest BCUT2D eigenvalue weighted by Crippen LogP contribution is -2.22. The molecular weight excluding hydrogens is 463 g/mol. The molecule has 0 saturated carbocycles. The molecule has 0 aliphatic carbocycles. The van der Waals surface area contributed by atoms with Crippen molar-refractivity contribution in [3.63, 3.8) is 0 Å². The Morgan fingerprint density at radius 2 is 2.21 bits per heavy atom. The van der Waals surface area contributed by atoms with Gasteiger partial charge in [0.1, 0.15) is 5.82 Å². The van der Waals surface area contributed by atoms with Gasteiger partial charge >= 0.3 is 0 Å². The summed E-state index contributed by atoms with van der Waals surface area (Å²) >= 11 is 13.3. The van der Waals surface area contributed by atoms with Crippen LogP contribution in [-0.2, 0) is 0 Å². The highest BCUT2D eigenvalue weighted by Crippen LogP contribution is 2.38. The molecule has 0 saturated heterocycles. The zero-order chi connectivity index (χ0) is 14.0. The molecule has 2 rings (SSSR count). The third kappa shape index (κ3) is 3.69. The second-order valence-corrected chi connectivity index (χ2v) is 7.90. The van der Waals surface area contributed by atoms with Crippen LogP contribution in [0.25, 0.3) is 0 Å². The van der Waals surface area contributed by atoms with Crippen LogP contribution < -0.4 is 5.32 Å². The van der Waals surface area contributed by atoms with E-state index in [4.69, 9.17) is 11.6 Å². The van der Waals surface area contributed by atoms with E-state index in [0.29, 0.717) is 5.02 Å². The molecule has 1 aromatic heterocycles. The summed E-state index contributed by atoms with van der Waals surface area (Å²) in [5.41, 5.74) is 1.06. The summed E-state index contributed by atoms with van der Waals surface area (Å²) in [6.07, 6.45) is 0. The fourth-order valence-electron chi connectivity index (χ4n) is 1.81. The SMILES string of the molecule is CCNC(c1cc(Cl)c(Br)s1)c1ccc(F)cc1I. The average Bonchev–Trinajstić information content (AvgIpc) is 2.67. The molecule has 1 N–H and O–H groups in total. The maximum Gasteiger partial charge on any atom is 0.124 e. The molecule has 1 nitrogen and oxygen atoms in total.